The number of hydrogen-bond donors (Lipinski definition) is 4. The van der Waals surface area contributed by atoms with E-state index in [1.807, 2.05) is 5.32 Å². The number of amides is 2. The Bertz CT molecular complexity index is 1040. The molecule has 0 saturated heterocycles. The summed E-state index contributed by atoms with van der Waals surface area (Å²) < 4.78 is 53.4. The summed E-state index contributed by atoms with van der Waals surface area (Å²) in [5.74, 6) is -2.88. The van der Waals surface area contributed by atoms with Gasteiger partial charge in [-0.2, -0.15) is 13.2 Å². The topological polar surface area (TPSA) is 112 Å². The lowest BCUT2D eigenvalue weighted by molar-refractivity contribution is -0.163. The van der Waals surface area contributed by atoms with E-state index in [1.165, 1.54) is 6.07 Å². The molecule has 0 aliphatic heterocycles. The fourth-order valence-electron chi connectivity index (χ4n) is 3.14. The molecule has 3 rings (SSSR count). The summed E-state index contributed by atoms with van der Waals surface area (Å²) >= 11 is 0. The predicted octanol–water partition coefficient (Wildman–Crippen LogP) is 3.38. The van der Waals surface area contributed by atoms with E-state index in [0.29, 0.717) is 0 Å². The van der Waals surface area contributed by atoms with Gasteiger partial charge in [-0.3, -0.25) is 14.6 Å². The van der Waals surface area contributed by atoms with Crippen molar-refractivity contribution in [1.82, 2.24) is 10.3 Å². The molecule has 0 bridgehead atoms. The van der Waals surface area contributed by atoms with Gasteiger partial charge in [-0.15, -0.1) is 0 Å². The number of aromatic nitrogens is 1. The Kier molecular flexibility index (Phi) is 6.40. The standard InChI is InChI=1S/C21H21F4N3O4/c1-2-16(29)13-10-14(22)11(7-17(13)30)8-18(31)27-12-3-6-26-15(9-12)19(32)28-20(4-5-20)21(23,24)25/h3,6-7,9-10,16,29-30H,2,4-5,8H2,1H3,(H,28,32)(H,26,27,31)/t16-/m1/s1. The second kappa shape index (κ2) is 8.73. The fraction of sp³-hybridized carbons (Fsp3) is 0.381. The van der Waals surface area contributed by atoms with Crippen LogP contribution >= 0.6 is 0 Å². The fourth-order valence-corrected chi connectivity index (χ4v) is 3.14. The summed E-state index contributed by atoms with van der Waals surface area (Å²) in [4.78, 5) is 28.2. The first-order valence-corrected chi connectivity index (χ1v) is 9.80. The largest absolute Gasteiger partial charge is 0.508 e. The van der Waals surface area contributed by atoms with Crippen LogP contribution in [0, 0.1) is 5.82 Å². The first kappa shape index (κ1) is 23.5. The van der Waals surface area contributed by atoms with Gasteiger partial charge in [0.05, 0.1) is 12.5 Å². The quantitative estimate of drug-likeness (QED) is 0.479. The molecule has 1 heterocycles. The molecule has 1 atom stereocenters. The Balaban J connectivity index is 1.68. The molecule has 4 N–H and O–H groups in total. The van der Waals surface area contributed by atoms with E-state index >= 15 is 0 Å². The van der Waals surface area contributed by atoms with Crippen molar-refractivity contribution >= 4 is 17.5 Å². The molecule has 11 heteroatoms. The highest BCUT2D eigenvalue weighted by molar-refractivity contribution is 5.96. The van der Waals surface area contributed by atoms with Gasteiger partial charge in [0, 0.05) is 23.0 Å². The first-order chi connectivity index (χ1) is 15.0. The molecular formula is C21H21F4N3O4. The highest BCUT2D eigenvalue weighted by atomic mass is 19.4. The van der Waals surface area contributed by atoms with Crippen molar-refractivity contribution in [2.75, 3.05) is 5.32 Å². The third-order valence-corrected chi connectivity index (χ3v) is 5.21. The normalized spacial score (nSPS) is 15.7. The van der Waals surface area contributed by atoms with Crippen LogP contribution < -0.4 is 10.6 Å². The molecule has 1 aromatic heterocycles. The zero-order valence-corrected chi connectivity index (χ0v) is 17.0. The van der Waals surface area contributed by atoms with Crippen molar-refractivity contribution in [2.45, 2.75) is 50.4 Å². The number of pyridine rings is 1. The Hall–Kier alpha value is -3.21. The van der Waals surface area contributed by atoms with Crippen LogP contribution in [0.25, 0.3) is 0 Å². The van der Waals surface area contributed by atoms with E-state index < -0.39 is 41.9 Å². The van der Waals surface area contributed by atoms with Crippen LogP contribution in [-0.4, -0.2) is 38.7 Å². The number of alkyl halides is 3. The smallest absolute Gasteiger partial charge is 0.411 e. The number of rotatable bonds is 7. The Morgan fingerprint density at radius 2 is 1.94 bits per heavy atom. The lowest BCUT2D eigenvalue weighted by Crippen LogP contribution is -2.48. The van der Waals surface area contributed by atoms with Crippen molar-refractivity contribution in [3.8, 4) is 5.75 Å². The maximum atomic E-state index is 14.3. The van der Waals surface area contributed by atoms with Crippen molar-refractivity contribution < 1.29 is 37.4 Å². The van der Waals surface area contributed by atoms with E-state index in [9.17, 15) is 37.4 Å². The molecule has 0 spiro atoms. The summed E-state index contributed by atoms with van der Waals surface area (Å²) in [6.45, 7) is 1.65. The van der Waals surface area contributed by atoms with Gasteiger partial charge in [-0.05, 0) is 43.5 Å². The van der Waals surface area contributed by atoms with Crippen LogP contribution in [0.15, 0.2) is 30.5 Å². The third-order valence-electron chi connectivity index (χ3n) is 5.21. The van der Waals surface area contributed by atoms with Crippen LogP contribution in [0.3, 0.4) is 0 Å². The van der Waals surface area contributed by atoms with Crippen LogP contribution in [0.4, 0.5) is 23.2 Å². The summed E-state index contributed by atoms with van der Waals surface area (Å²) in [7, 11) is 0. The number of carbonyl (C=O) groups is 2. The monoisotopic (exact) mass is 455 g/mol. The minimum atomic E-state index is -4.58. The van der Waals surface area contributed by atoms with Crippen LogP contribution in [0.1, 0.15) is 53.9 Å². The third kappa shape index (κ3) is 4.98. The summed E-state index contributed by atoms with van der Waals surface area (Å²) in [6.07, 6.45) is -5.13. The Morgan fingerprint density at radius 3 is 2.53 bits per heavy atom. The van der Waals surface area contributed by atoms with E-state index in [0.717, 1.165) is 24.4 Å². The number of nitrogens with one attached hydrogen (secondary N) is 2. The van der Waals surface area contributed by atoms with Gasteiger partial charge in [-0.25, -0.2) is 4.39 Å². The average molecular weight is 455 g/mol. The van der Waals surface area contributed by atoms with Gasteiger partial charge in [0.2, 0.25) is 5.91 Å². The molecule has 0 radical (unpaired) electrons. The minimum Gasteiger partial charge on any atom is -0.508 e. The van der Waals surface area contributed by atoms with Gasteiger partial charge in [-0.1, -0.05) is 6.92 Å². The Morgan fingerprint density at radius 1 is 1.25 bits per heavy atom. The van der Waals surface area contributed by atoms with E-state index in [-0.39, 0.29) is 47.5 Å². The summed E-state index contributed by atoms with van der Waals surface area (Å²) in [5.41, 5.74) is -2.61. The van der Waals surface area contributed by atoms with Crippen molar-refractivity contribution in [3.63, 3.8) is 0 Å². The van der Waals surface area contributed by atoms with Crippen LogP contribution in [0.2, 0.25) is 0 Å². The highest BCUT2D eigenvalue weighted by Crippen LogP contribution is 2.49. The molecular weight excluding hydrogens is 434 g/mol. The number of aliphatic hydroxyl groups excluding tert-OH is 1. The molecule has 0 unspecified atom stereocenters. The second-order valence-corrected chi connectivity index (χ2v) is 7.62. The molecule has 1 aromatic carbocycles. The average Bonchev–Trinajstić information content (AvgIpc) is 3.51. The zero-order valence-electron chi connectivity index (χ0n) is 17.0. The lowest BCUT2D eigenvalue weighted by atomic mass is 10.0. The number of aromatic hydroxyl groups is 1. The molecule has 1 aliphatic rings. The number of aliphatic hydroxyl groups is 1. The molecule has 172 valence electrons. The number of benzene rings is 1. The SMILES string of the molecule is CC[C@@H](O)c1cc(F)c(CC(=O)Nc2ccnc(C(=O)NC3(C(F)(F)F)CC3)c2)cc1O. The zero-order chi connectivity index (χ0) is 23.7. The molecule has 1 saturated carbocycles. The first-order valence-electron chi connectivity index (χ1n) is 9.80. The molecule has 2 amide bonds. The molecule has 1 fully saturated rings. The van der Waals surface area contributed by atoms with Crippen LogP contribution in [0.5, 0.6) is 5.75 Å². The predicted molar refractivity (Wildman–Crippen MR) is 105 cm³/mol. The number of halogens is 4. The van der Waals surface area contributed by atoms with Crippen LogP contribution in [-0.2, 0) is 11.2 Å². The number of anilines is 1. The molecule has 1 aliphatic carbocycles. The lowest BCUT2D eigenvalue weighted by Gasteiger charge is -2.20. The van der Waals surface area contributed by atoms with Gasteiger partial charge in [0.25, 0.3) is 5.91 Å². The number of phenols is 1. The minimum absolute atomic E-state index is 0.00578. The molecule has 2 aromatic rings. The number of hydrogen-bond acceptors (Lipinski definition) is 5. The van der Waals surface area contributed by atoms with E-state index in [1.54, 1.807) is 6.92 Å². The second-order valence-electron chi connectivity index (χ2n) is 7.62. The number of nitrogens with zero attached hydrogens (tertiary/aromatic N) is 1. The van der Waals surface area contributed by atoms with Crippen molar-refractivity contribution in [3.05, 3.63) is 53.1 Å². The number of carbonyl (C=O) groups excluding carboxylic acids is 2. The van der Waals surface area contributed by atoms with Crippen molar-refractivity contribution in [2.24, 2.45) is 0 Å². The van der Waals surface area contributed by atoms with Gasteiger partial charge >= 0.3 is 6.18 Å². The summed E-state index contributed by atoms with van der Waals surface area (Å²) in [6, 6.07) is 4.42. The molecule has 7 nitrogen and oxygen atoms in total. The Labute approximate surface area is 180 Å². The van der Waals surface area contributed by atoms with E-state index in [2.05, 4.69) is 10.3 Å². The van der Waals surface area contributed by atoms with Gasteiger partial charge < -0.3 is 20.8 Å². The van der Waals surface area contributed by atoms with Crippen molar-refractivity contribution in [1.29, 1.82) is 0 Å². The van der Waals surface area contributed by atoms with E-state index in [4.69, 9.17) is 0 Å². The molecule has 32 heavy (non-hydrogen) atoms. The highest BCUT2D eigenvalue weighted by Gasteiger charge is 2.64. The maximum absolute atomic E-state index is 14.3. The van der Waals surface area contributed by atoms with Gasteiger partial charge in [0.15, 0.2) is 0 Å². The summed E-state index contributed by atoms with van der Waals surface area (Å²) in [5, 5.41) is 24.1. The van der Waals surface area contributed by atoms with Gasteiger partial charge in [0.1, 0.15) is 22.8 Å². The number of phenolic OH excluding ortho intramolecular Hbond substituents is 1. The maximum Gasteiger partial charge on any atom is 0.411 e.